The van der Waals surface area contributed by atoms with E-state index in [0.717, 1.165) is 30.4 Å². The molecule has 5 nitrogen and oxygen atoms in total. The summed E-state index contributed by atoms with van der Waals surface area (Å²) in [6.45, 7) is 5.00. The fraction of sp³-hybridized carbons (Fsp3) is 0.348. The van der Waals surface area contributed by atoms with Crippen molar-refractivity contribution in [1.29, 1.82) is 5.26 Å². The Morgan fingerprint density at radius 1 is 1.14 bits per heavy atom. The van der Waals surface area contributed by atoms with Gasteiger partial charge in [0.25, 0.3) is 0 Å². The summed E-state index contributed by atoms with van der Waals surface area (Å²) in [5.41, 5.74) is 4.21. The number of aryl methyl sites for hydroxylation is 2. The van der Waals surface area contributed by atoms with E-state index in [1.807, 2.05) is 43.3 Å². The highest BCUT2D eigenvalue weighted by Gasteiger charge is 2.27. The predicted octanol–water partition coefficient (Wildman–Crippen LogP) is 4.59. The zero-order valence-electron chi connectivity index (χ0n) is 16.3. The van der Waals surface area contributed by atoms with Crippen molar-refractivity contribution in [3.63, 3.8) is 0 Å². The van der Waals surface area contributed by atoms with E-state index in [1.165, 1.54) is 5.56 Å². The van der Waals surface area contributed by atoms with Gasteiger partial charge in [-0.3, -0.25) is 0 Å². The predicted molar refractivity (Wildman–Crippen MR) is 106 cm³/mol. The van der Waals surface area contributed by atoms with Gasteiger partial charge in [0, 0.05) is 13.1 Å². The number of rotatable bonds is 3. The van der Waals surface area contributed by atoms with Crippen LogP contribution in [0.15, 0.2) is 42.5 Å². The van der Waals surface area contributed by atoms with Gasteiger partial charge < -0.3 is 9.64 Å². The molecule has 3 rings (SSSR count). The third-order valence-electron chi connectivity index (χ3n) is 5.36. The van der Waals surface area contributed by atoms with Gasteiger partial charge in [-0.05, 0) is 67.0 Å². The fourth-order valence-corrected chi connectivity index (χ4v) is 3.60. The van der Waals surface area contributed by atoms with Crippen molar-refractivity contribution in [1.82, 2.24) is 4.90 Å². The Balaban J connectivity index is 1.56. The van der Waals surface area contributed by atoms with Gasteiger partial charge in [0.15, 0.2) is 0 Å². The standard InChI is InChI=1S/C23H24N2O3/c1-3-17-6-9-21(16(2)14-17)22(26)28-23(27)25-12-10-20(11-13-25)19-7-4-18(15-24)5-8-19/h4-9,14,20H,3,10-13H2,1-2H3. The number of carbonyl (C=O) groups is 2. The third kappa shape index (κ3) is 4.40. The van der Waals surface area contributed by atoms with Crippen molar-refractivity contribution >= 4 is 12.1 Å². The summed E-state index contributed by atoms with van der Waals surface area (Å²) in [6, 6.07) is 15.3. The number of likely N-dealkylation sites (tertiary alicyclic amines) is 1. The molecule has 0 bridgehead atoms. The lowest BCUT2D eigenvalue weighted by atomic mass is 9.89. The second kappa shape index (κ2) is 8.71. The molecule has 0 radical (unpaired) electrons. The molecule has 2 aromatic carbocycles. The van der Waals surface area contributed by atoms with E-state index in [9.17, 15) is 9.59 Å². The first-order chi connectivity index (χ1) is 13.5. The highest BCUT2D eigenvalue weighted by molar-refractivity contribution is 5.97. The summed E-state index contributed by atoms with van der Waals surface area (Å²) in [4.78, 5) is 26.3. The van der Waals surface area contributed by atoms with Crippen molar-refractivity contribution in [2.24, 2.45) is 0 Å². The highest BCUT2D eigenvalue weighted by Crippen LogP contribution is 2.28. The van der Waals surface area contributed by atoms with Gasteiger partial charge in [0.1, 0.15) is 0 Å². The van der Waals surface area contributed by atoms with Crippen LogP contribution in [0.1, 0.15) is 58.3 Å². The Morgan fingerprint density at radius 2 is 1.82 bits per heavy atom. The summed E-state index contributed by atoms with van der Waals surface area (Å²) in [7, 11) is 0. The van der Waals surface area contributed by atoms with E-state index in [0.29, 0.717) is 30.1 Å². The number of hydrogen-bond donors (Lipinski definition) is 0. The van der Waals surface area contributed by atoms with Crippen molar-refractivity contribution < 1.29 is 14.3 Å². The van der Waals surface area contributed by atoms with Crippen molar-refractivity contribution in [3.8, 4) is 6.07 Å². The van der Waals surface area contributed by atoms with E-state index in [4.69, 9.17) is 10.00 Å². The van der Waals surface area contributed by atoms with Gasteiger partial charge in [-0.2, -0.15) is 5.26 Å². The minimum atomic E-state index is -0.598. The lowest BCUT2D eigenvalue weighted by molar-refractivity contribution is 0.0521. The molecule has 1 aliphatic rings. The molecule has 0 spiro atoms. The Bertz CT molecular complexity index is 904. The second-order valence-corrected chi connectivity index (χ2v) is 7.15. The first kappa shape index (κ1) is 19.6. The Kier molecular flexibility index (Phi) is 6.10. The van der Waals surface area contributed by atoms with E-state index < -0.39 is 12.1 Å². The van der Waals surface area contributed by atoms with Crippen LogP contribution in [0.25, 0.3) is 0 Å². The number of nitriles is 1. The molecule has 1 fully saturated rings. The van der Waals surface area contributed by atoms with Crippen molar-refractivity contribution in [2.45, 2.75) is 39.0 Å². The first-order valence-electron chi connectivity index (χ1n) is 9.62. The zero-order chi connectivity index (χ0) is 20.1. The zero-order valence-corrected chi connectivity index (χ0v) is 16.3. The minimum absolute atomic E-state index is 0.344. The molecule has 0 saturated carbocycles. The smallest absolute Gasteiger partial charge is 0.372 e. The van der Waals surface area contributed by atoms with Crippen molar-refractivity contribution in [3.05, 3.63) is 70.3 Å². The molecule has 1 aliphatic heterocycles. The quantitative estimate of drug-likeness (QED) is 0.580. The Morgan fingerprint density at radius 3 is 2.39 bits per heavy atom. The fourth-order valence-electron chi connectivity index (χ4n) is 3.60. The van der Waals surface area contributed by atoms with Crippen molar-refractivity contribution in [2.75, 3.05) is 13.1 Å². The largest absolute Gasteiger partial charge is 0.417 e. The molecule has 2 aromatic rings. The van der Waals surface area contributed by atoms with E-state index >= 15 is 0 Å². The number of ether oxygens (including phenoxy) is 1. The second-order valence-electron chi connectivity index (χ2n) is 7.15. The normalized spacial score (nSPS) is 14.4. The van der Waals surface area contributed by atoms with Crippen LogP contribution < -0.4 is 0 Å². The van der Waals surface area contributed by atoms with Gasteiger partial charge >= 0.3 is 12.1 Å². The van der Waals surface area contributed by atoms with Gasteiger partial charge in [0.2, 0.25) is 0 Å². The molecule has 1 heterocycles. The highest BCUT2D eigenvalue weighted by atomic mass is 16.6. The van der Waals surface area contributed by atoms with E-state index in [-0.39, 0.29) is 0 Å². The monoisotopic (exact) mass is 376 g/mol. The van der Waals surface area contributed by atoms with Crippen LogP contribution in [-0.2, 0) is 11.2 Å². The van der Waals surface area contributed by atoms with Crippen LogP contribution in [0.3, 0.4) is 0 Å². The molecular weight excluding hydrogens is 352 g/mol. The SMILES string of the molecule is CCc1ccc(C(=O)OC(=O)N2CCC(c3ccc(C#N)cc3)CC2)c(C)c1. The molecule has 0 unspecified atom stereocenters. The third-order valence-corrected chi connectivity index (χ3v) is 5.36. The summed E-state index contributed by atoms with van der Waals surface area (Å²) < 4.78 is 5.11. The van der Waals surface area contributed by atoms with Crippen LogP contribution in [0.4, 0.5) is 4.79 Å². The molecule has 1 amide bonds. The maximum Gasteiger partial charge on any atom is 0.417 e. The molecule has 144 valence electrons. The summed E-state index contributed by atoms with van der Waals surface area (Å²) in [5.74, 6) is -0.254. The maximum absolute atomic E-state index is 12.4. The lowest BCUT2D eigenvalue weighted by Crippen LogP contribution is -2.39. The first-order valence-corrected chi connectivity index (χ1v) is 9.62. The molecule has 0 N–H and O–H groups in total. The number of hydrogen-bond acceptors (Lipinski definition) is 4. The molecular formula is C23H24N2O3. The molecule has 0 atom stereocenters. The average Bonchev–Trinajstić information content (AvgIpc) is 2.73. The van der Waals surface area contributed by atoms with Crippen LogP contribution in [0.2, 0.25) is 0 Å². The van der Waals surface area contributed by atoms with Crippen LogP contribution in [0.5, 0.6) is 0 Å². The number of esters is 1. The Hall–Kier alpha value is -3.13. The van der Waals surface area contributed by atoms with Crippen LogP contribution in [0, 0.1) is 18.3 Å². The summed E-state index contributed by atoms with van der Waals surface area (Å²) >= 11 is 0. The average molecular weight is 376 g/mol. The van der Waals surface area contributed by atoms with Crippen LogP contribution >= 0.6 is 0 Å². The van der Waals surface area contributed by atoms with Gasteiger partial charge in [0.05, 0.1) is 17.2 Å². The topological polar surface area (TPSA) is 70.4 Å². The maximum atomic E-state index is 12.4. The van der Waals surface area contributed by atoms with E-state index in [1.54, 1.807) is 11.0 Å². The summed E-state index contributed by atoms with van der Waals surface area (Å²) in [5, 5.41) is 8.90. The van der Waals surface area contributed by atoms with Gasteiger partial charge in [-0.25, -0.2) is 9.59 Å². The molecule has 1 saturated heterocycles. The molecule has 0 aromatic heterocycles. The van der Waals surface area contributed by atoms with Gasteiger partial charge in [-0.15, -0.1) is 0 Å². The minimum Gasteiger partial charge on any atom is -0.372 e. The lowest BCUT2D eigenvalue weighted by Gasteiger charge is -2.31. The number of benzene rings is 2. The number of nitrogens with zero attached hydrogens (tertiary/aromatic N) is 2. The molecule has 28 heavy (non-hydrogen) atoms. The number of piperidine rings is 1. The van der Waals surface area contributed by atoms with E-state index in [2.05, 4.69) is 13.0 Å². The Labute approximate surface area is 165 Å². The summed E-state index contributed by atoms with van der Waals surface area (Å²) in [6.07, 6.45) is 1.92. The van der Waals surface area contributed by atoms with Gasteiger partial charge in [-0.1, -0.05) is 31.2 Å². The van der Waals surface area contributed by atoms with Crippen LogP contribution in [-0.4, -0.2) is 30.1 Å². The number of amides is 1. The molecule has 5 heteroatoms. The molecule has 0 aliphatic carbocycles. The number of carbonyl (C=O) groups excluding carboxylic acids is 2.